The summed E-state index contributed by atoms with van der Waals surface area (Å²) in [5.41, 5.74) is 1.75. The first-order valence-electron chi connectivity index (χ1n) is 10.2. The molecule has 0 N–H and O–H groups in total. The van der Waals surface area contributed by atoms with Crippen LogP contribution in [0.3, 0.4) is 0 Å². The monoisotopic (exact) mass is 543 g/mol. The highest BCUT2D eigenvalue weighted by molar-refractivity contribution is 8.26. The lowest BCUT2D eigenvalue weighted by Crippen LogP contribution is -2.31. The highest BCUT2D eigenvalue weighted by Gasteiger charge is 2.32. The van der Waals surface area contributed by atoms with Gasteiger partial charge in [-0.3, -0.25) is 14.5 Å². The standard InChI is InChI=1S/C24H14ClNO6S3/c25-14-5-3-13(4-6-14)17-10-16(12-18-21(17)32-24(29)35-18)31-20(27)7-8-26-22(28)19(34-23(26)33)11-15-2-1-9-30-15/h1-6,9-12H,7-8H2/b19-11-. The number of hydrogen-bond acceptors (Lipinski definition) is 9. The Balaban J connectivity index is 1.31. The van der Waals surface area contributed by atoms with Crippen molar-refractivity contribution in [2.75, 3.05) is 6.54 Å². The van der Waals surface area contributed by atoms with Gasteiger partial charge in [0.15, 0.2) is 5.58 Å². The Labute approximate surface area is 216 Å². The zero-order valence-electron chi connectivity index (χ0n) is 17.7. The molecule has 0 unspecified atom stereocenters. The molecule has 11 heteroatoms. The van der Waals surface area contributed by atoms with Gasteiger partial charge in [0, 0.05) is 29.3 Å². The summed E-state index contributed by atoms with van der Waals surface area (Å²) in [5.74, 6) is -0.0453. The first kappa shape index (κ1) is 23.6. The number of carbonyl (C=O) groups is 2. The molecule has 0 radical (unpaired) electrons. The molecule has 1 fully saturated rings. The number of benzene rings is 2. The molecule has 3 heterocycles. The SMILES string of the molecule is O=C(CCN1C(=O)/C(=C/c2ccco2)SC1=S)Oc1cc(-c2ccc(Cl)cc2)c2oc(=O)sc2c1. The van der Waals surface area contributed by atoms with Gasteiger partial charge in [0.2, 0.25) is 0 Å². The van der Waals surface area contributed by atoms with Gasteiger partial charge < -0.3 is 13.6 Å². The minimum absolute atomic E-state index is 0.0730. The molecule has 0 atom stereocenters. The van der Waals surface area contributed by atoms with Crippen LogP contribution in [-0.4, -0.2) is 27.6 Å². The maximum absolute atomic E-state index is 12.7. The number of rotatable bonds is 6. The van der Waals surface area contributed by atoms with E-state index in [-0.39, 0.29) is 24.6 Å². The number of thioether (sulfide) groups is 1. The molecule has 1 amide bonds. The molecule has 2 aromatic heterocycles. The van der Waals surface area contributed by atoms with E-state index in [1.165, 1.54) is 11.2 Å². The lowest BCUT2D eigenvalue weighted by molar-refractivity contribution is -0.134. The second kappa shape index (κ2) is 9.82. The van der Waals surface area contributed by atoms with Gasteiger partial charge in [-0.1, -0.05) is 59.1 Å². The van der Waals surface area contributed by atoms with E-state index in [9.17, 15) is 14.4 Å². The molecule has 0 aliphatic carbocycles. The molecule has 1 saturated heterocycles. The molecule has 0 bridgehead atoms. The largest absolute Gasteiger partial charge is 0.465 e. The van der Waals surface area contributed by atoms with Gasteiger partial charge >= 0.3 is 10.9 Å². The van der Waals surface area contributed by atoms with Crippen molar-refractivity contribution in [2.45, 2.75) is 6.42 Å². The number of hydrogen-bond donors (Lipinski definition) is 0. The molecule has 0 saturated carbocycles. The van der Waals surface area contributed by atoms with Crippen LogP contribution in [0, 0.1) is 0 Å². The minimum Gasteiger partial charge on any atom is -0.465 e. The highest BCUT2D eigenvalue weighted by atomic mass is 35.5. The molecule has 35 heavy (non-hydrogen) atoms. The number of esters is 1. The van der Waals surface area contributed by atoms with Crippen LogP contribution in [0.15, 0.2) is 73.3 Å². The van der Waals surface area contributed by atoms with Crippen LogP contribution in [0.4, 0.5) is 0 Å². The Morgan fingerprint density at radius 2 is 1.97 bits per heavy atom. The van der Waals surface area contributed by atoms with Gasteiger partial charge in [0.05, 0.1) is 22.3 Å². The van der Waals surface area contributed by atoms with Gasteiger partial charge in [-0.15, -0.1) is 0 Å². The van der Waals surface area contributed by atoms with E-state index < -0.39 is 10.9 Å². The number of nitrogens with zero attached hydrogens (tertiary/aromatic N) is 1. The van der Waals surface area contributed by atoms with Crippen LogP contribution in [0.2, 0.25) is 5.02 Å². The van der Waals surface area contributed by atoms with Gasteiger partial charge in [0.1, 0.15) is 15.8 Å². The Morgan fingerprint density at radius 3 is 2.71 bits per heavy atom. The molecule has 1 aliphatic rings. The van der Waals surface area contributed by atoms with Crippen molar-refractivity contribution < 1.29 is 23.2 Å². The lowest BCUT2D eigenvalue weighted by atomic mass is 10.0. The maximum atomic E-state index is 12.7. The van der Waals surface area contributed by atoms with E-state index in [4.69, 9.17) is 37.4 Å². The van der Waals surface area contributed by atoms with Gasteiger partial charge in [-0.05, 0) is 35.9 Å². The minimum atomic E-state index is -0.550. The van der Waals surface area contributed by atoms with Crippen LogP contribution >= 0.6 is 46.9 Å². The summed E-state index contributed by atoms with van der Waals surface area (Å²) < 4.78 is 17.0. The summed E-state index contributed by atoms with van der Waals surface area (Å²) >= 11 is 13.4. The van der Waals surface area contributed by atoms with Gasteiger partial charge in [0.25, 0.3) is 5.91 Å². The summed E-state index contributed by atoms with van der Waals surface area (Å²) in [7, 11) is 0. The molecule has 176 valence electrons. The topological polar surface area (TPSA) is 90.0 Å². The maximum Gasteiger partial charge on any atom is 0.396 e. The van der Waals surface area contributed by atoms with Crippen LogP contribution < -0.4 is 9.68 Å². The van der Waals surface area contributed by atoms with Crippen LogP contribution in [0.1, 0.15) is 12.2 Å². The van der Waals surface area contributed by atoms with Gasteiger partial charge in [-0.25, -0.2) is 4.79 Å². The number of fused-ring (bicyclic) bond motifs is 1. The second-order valence-corrected chi connectivity index (χ2v) is 10.4. The lowest BCUT2D eigenvalue weighted by Gasteiger charge is -2.14. The average molecular weight is 544 g/mol. The number of furan rings is 1. The van der Waals surface area contributed by atoms with Crippen molar-refractivity contribution in [1.82, 2.24) is 4.90 Å². The second-order valence-electron chi connectivity index (χ2n) is 7.33. The van der Waals surface area contributed by atoms with Crippen LogP contribution in [0.25, 0.3) is 27.5 Å². The summed E-state index contributed by atoms with van der Waals surface area (Å²) in [6.07, 6.45) is 3.05. The normalized spacial score (nSPS) is 14.9. The van der Waals surface area contributed by atoms with E-state index >= 15 is 0 Å². The van der Waals surface area contributed by atoms with E-state index in [1.54, 1.807) is 54.6 Å². The van der Waals surface area contributed by atoms with Crippen molar-refractivity contribution >= 4 is 79.5 Å². The fourth-order valence-corrected chi connectivity index (χ4v) is 5.57. The first-order valence-corrected chi connectivity index (χ1v) is 12.6. The van der Waals surface area contributed by atoms with Crippen molar-refractivity contribution in [2.24, 2.45) is 0 Å². The molecular formula is C24H14ClNO6S3. The number of thiocarbonyl (C=S) groups is 1. The Bertz CT molecular complexity index is 1540. The summed E-state index contributed by atoms with van der Waals surface area (Å²) in [4.78, 5) is 38.5. The van der Waals surface area contributed by atoms with E-state index in [1.807, 2.05) is 0 Å². The van der Waals surface area contributed by atoms with E-state index in [0.29, 0.717) is 35.9 Å². The van der Waals surface area contributed by atoms with Crippen molar-refractivity contribution in [1.29, 1.82) is 0 Å². The number of amides is 1. The molecule has 1 aliphatic heterocycles. The average Bonchev–Trinajstić information content (AvgIpc) is 3.53. The van der Waals surface area contributed by atoms with Crippen LogP contribution in [-0.2, 0) is 9.59 Å². The molecule has 4 aromatic rings. The summed E-state index contributed by atoms with van der Waals surface area (Å²) in [5, 5.41) is 0.564. The number of ether oxygens (including phenoxy) is 1. The van der Waals surface area contributed by atoms with Crippen molar-refractivity contribution in [3.05, 3.63) is 80.2 Å². The summed E-state index contributed by atoms with van der Waals surface area (Å²) in [6, 6.07) is 13.7. The zero-order valence-corrected chi connectivity index (χ0v) is 20.9. The first-order chi connectivity index (χ1) is 16.9. The molecule has 5 rings (SSSR count). The Kier molecular flexibility index (Phi) is 6.61. The van der Waals surface area contributed by atoms with Crippen molar-refractivity contribution in [3.63, 3.8) is 0 Å². The quantitative estimate of drug-likeness (QED) is 0.127. The Morgan fingerprint density at radius 1 is 1.17 bits per heavy atom. The predicted molar refractivity (Wildman–Crippen MR) is 140 cm³/mol. The molecule has 0 spiro atoms. The fourth-order valence-electron chi connectivity index (χ4n) is 3.44. The number of carbonyl (C=O) groups excluding carboxylic acids is 2. The highest BCUT2D eigenvalue weighted by Crippen LogP contribution is 2.36. The fraction of sp³-hybridized carbons (Fsp3) is 0.0833. The third-order valence-electron chi connectivity index (χ3n) is 5.02. The summed E-state index contributed by atoms with van der Waals surface area (Å²) in [6.45, 7) is 0.0737. The predicted octanol–water partition coefficient (Wildman–Crippen LogP) is 5.96. The third-order valence-corrected chi connectivity index (χ3v) is 7.43. The van der Waals surface area contributed by atoms with Crippen LogP contribution in [0.5, 0.6) is 5.75 Å². The van der Waals surface area contributed by atoms with E-state index in [2.05, 4.69) is 0 Å². The van der Waals surface area contributed by atoms with Crippen molar-refractivity contribution in [3.8, 4) is 16.9 Å². The molecular weight excluding hydrogens is 530 g/mol. The Hall–Kier alpha value is -3.18. The third kappa shape index (κ3) is 5.10. The number of halogens is 1. The zero-order chi connectivity index (χ0) is 24.5. The van der Waals surface area contributed by atoms with Gasteiger partial charge in [-0.2, -0.15) is 0 Å². The molecule has 7 nitrogen and oxygen atoms in total. The van der Waals surface area contributed by atoms with E-state index in [0.717, 1.165) is 28.7 Å². The molecule has 2 aromatic carbocycles. The smallest absolute Gasteiger partial charge is 0.396 e.